The van der Waals surface area contributed by atoms with Crippen molar-refractivity contribution in [3.05, 3.63) is 33.9 Å². The Bertz CT molecular complexity index is 802. The maximum absolute atomic E-state index is 11.6. The molecular weight excluding hydrogens is 358 g/mol. The van der Waals surface area contributed by atoms with Gasteiger partial charge in [0, 0.05) is 43.9 Å². The quantitative estimate of drug-likeness (QED) is 0.442. The lowest BCUT2D eigenvalue weighted by Gasteiger charge is -2.40. The zero-order chi connectivity index (χ0) is 18.9. The molecule has 0 atom stereocenters. The molecule has 0 aliphatic carbocycles. The lowest BCUT2D eigenvalue weighted by Crippen LogP contribution is -2.50. The van der Waals surface area contributed by atoms with Crippen molar-refractivity contribution in [3.8, 4) is 0 Å². The second-order valence-electron chi connectivity index (χ2n) is 6.92. The van der Waals surface area contributed by atoms with E-state index in [-0.39, 0.29) is 23.0 Å². The van der Waals surface area contributed by atoms with E-state index in [1.54, 1.807) is 12.1 Å². The van der Waals surface area contributed by atoms with Crippen molar-refractivity contribution in [2.45, 2.75) is 25.8 Å². The zero-order valence-electron chi connectivity index (χ0n) is 14.8. The first-order valence-electron chi connectivity index (χ1n) is 8.75. The highest BCUT2D eigenvalue weighted by Crippen LogP contribution is 2.32. The second kappa shape index (κ2) is 7.32. The summed E-state index contributed by atoms with van der Waals surface area (Å²) in [7, 11) is -2.89. The predicted octanol–water partition coefficient (Wildman–Crippen LogP) is 1.50. The SMILES string of the molecule is CC(=O)c1ccc(N2CCC(N3CCS(=O)(=O)CC3)CC2)c([N+](=O)[O-])c1. The number of carbonyl (C=O) groups excluding carboxylic acids is 1. The molecule has 2 aliphatic rings. The lowest BCUT2D eigenvalue weighted by atomic mass is 10.0. The average molecular weight is 381 g/mol. The molecule has 3 rings (SSSR count). The van der Waals surface area contributed by atoms with Gasteiger partial charge in [0.05, 0.1) is 16.4 Å². The number of piperidine rings is 1. The van der Waals surface area contributed by atoms with E-state index in [9.17, 15) is 23.3 Å². The summed E-state index contributed by atoms with van der Waals surface area (Å²) in [5.41, 5.74) is 0.838. The van der Waals surface area contributed by atoms with Crippen LogP contribution >= 0.6 is 0 Å². The van der Waals surface area contributed by atoms with E-state index in [4.69, 9.17) is 0 Å². The molecule has 0 bridgehead atoms. The van der Waals surface area contributed by atoms with E-state index in [0.29, 0.717) is 43.5 Å². The van der Waals surface area contributed by atoms with Gasteiger partial charge >= 0.3 is 0 Å². The molecule has 9 heteroatoms. The summed E-state index contributed by atoms with van der Waals surface area (Å²) in [6.07, 6.45) is 1.68. The normalized spacial score (nSPS) is 21.5. The number of anilines is 1. The topological polar surface area (TPSA) is 101 Å². The summed E-state index contributed by atoms with van der Waals surface area (Å²) in [6, 6.07) is 4.95. The summed E-state index contributed by atoms with van der Waals surface area (Å²) in [5.74, 6) is 0.231. The van der Waals surface area contributed by atoms with Crippen LogP contribution in [-0.4, -0.2) is 67.8 Å². The largest absolute Gasteiger partial charge is 0.366 e. The maximum atomic E-state index is 11.6. The minimum atomic E-state index is -2.89. The Morgan fingerprint density at radius 2 is 1.77 bits per heavy atom. The molecule has 0 radical (unpaired) electrons. The van der Waals surface area contributed by atoms with Crippen molar-refractivity contribution in [1.82, 2.24) is 4.90 Å². The molecular formula is C17H23N3O5S. The first kappa shape index (κ1) is 18.8. The summed E-state index contributed by atoms with van der Waals surface area (Å²) < 4.78 is 23.1. The van der Waals surface area contributed by atoms with Gasteiger partial charge in [-0.2, -0.15) is 0 Å². The van der Waals surface area contributed by atoms with Gasteiger partial charge < -0.3 is 4.90 Å². The van der Waals surface area contributed by atoms with Crippen molar-refractivity contribution in [1.29, 1.82) is 0 Å². The van der Waals surface area contributed by atoms with Gasteiger partial charge in [-0.3, -0.25) is 19.8 Å². The fourth-order valence-electron chi connectivity index (χ4n) is 3.72. The number of Topliss-reactive ketones (excluding diaryl/α,β-unsaturated/α-hetero) is 1. The molecule has 0 spiro atoms. The number of hydrogen-bond acceptors (Lipinski definition) is 7. The Balaban J connectivity index is 1.68. The smallest absolute Gasteiger partial charge is 0.293 e. The molecule has 0 saturated carbocycles. The van der Waals surface area contributed by atoms with Crippen LogP contribution in [0.15, 0.2) is 18.2 Å². The van der Waals surface area contributed by atoms with Crippen LogP contribution in [0.2, 0.25) is 0 Å². The molecule has 0 amide bonds. The summed E-state index contributed by atoms with van der Waals surface area (Å²) in [5, 5.41) is 11.4. The zero-order valence-corrected chi connectivity index (χ0v) is 15.6. The highest BCUT2D eigenvalue weighted by Gasteiger charge is 2.31. The standard InChI is InChI=1S/C17H23N3O5S/c1-13(21)14-2-3-16(17(12-14)20(22)23)19-6-4-15(5-7-19)18-8-10-26(24,25)11-9-18/h2-3,12,15H,4-11H2,1H3. The Morgan fingerprint density at radius 3 is 2.31 bits per heavy atom. The number of nitro groups is 1. The monoisotopic (exact) mass is 381 g/mol. The number of sulfone groups is 1. The molecule has 1 aromatic rings. The second-order valence-corrected chi connectivity index (χ2v) is 9.23. The minimum absolute atomic E-state index is 0.0415. The molecule has 2 saturated heterocycles. The molecule has 1 aromatic carbocycles. The summed E-state index contributed by atoms with van der Waals surface area (Å²) in [4.78, 5) is 26.7. The summed E-state index contributed by atoms with van der Waals surface area (Å²) in [6.45, 7) is 3.88. The van der Waals surface area contributed by atoms with E-state index in [1.165, 1.54) is 13.0 Å². The van der Waals surface area contributed by atoms with Crippen molar-refractivity contribution in [2.75, 3.05) is 42.6 Å². The number of benzene rings is 1. The molecule has 2 heterocycles. The maximum Gasteiger partial charge on any atom is 0.293 e. The lowest BCUT2D eigenvalue weighted by molar-refractivity contribution is -0.384. The van der Waals surface area contributed by atoms with Gasteiger partial charge in [0.25, 0.3) is 5.69 Å². The van der Waals surface area contributed by atoms with Crippen LogP contribution in [0.3, 0.4) is 0 Å². The number of nitro benzene ring substituents is 1. The van der Waals surface area contributed by atoms with E-state index in [1.807, 2.05) is 4.90 Å². The molecule has 0 N–H and O–H groups in total. The van der Waals surface area contributed by atoms with Crippen LogP contribution in [0.5, 0.6) is 0 Å². The van der Waals surface area contributed by atoms with Gasteiger partial charge in [-0.05, 0) is 31.9 Å². The van der Waals surface area contributed by atoms with Crippen LogP contribution < -0.4 is 4.90 Å². The van der Waals surface area contributed by atoms with E-state index in [2.05, 4.69) is 4.90 Å². The first-order valence-corrected chi connectivity index (χ1v) is 10.6. The molecule has 2 fully saturated rings. The highest BCUT2D eigenvalue weighted by atomic mass is 32.2. The van der Waals surface area contributed by atoms with Gasteiger partial charge in [-0.1, -0.05) is 0 Å². The van der Waals surface area contributed by atoms with E-state index in [0.717, 1.165) is 12.8 Å². The Kier molecular flexibility index (Phi) is 5.29. The number of nitrogens with zero attached hydrogens (tertiary/aromatic N) is 3. The van der Waals surface area contributed by atoms with Crippen molar-refractivity contribution < 1.29 is 18.1 Å². The van der Waals surface area contributed by atoms with Crippen LogP contribution in [0.1, 0.15) is 30.1 Å². The first-order chi connectivity index (χ1) is 12.3. The van der Waals surface area contributed by atoms with E-state index >= 15 is 0 Å². The molecule has 2 aliphatic heterocycles. The van der Waals surface area contributed by atoms with Gasteiger partial charge in [0.15, 0.2) is 15.6 Å². The van der Waals surface area contributed by atoms with Crippen LogP contribution in [0, 0.1) is 10.1 Å². The molecule has 0 unspecified atom stereocenters. The Morgan fingerprint density at radius 1 is 1.15 bits per heavy atom. The fraction of sp³-hybridized carbons (Fsp3) is 0.588. The van der Waals surface area contributed by atoms with Crippen LogP contribution in [0.25, 0.3) is 0 Å². The van der Waals surface area contributed by atoms with Gasteiger partial charge in [-0.15, -0.1) is 0 Å². The van der Waals surface area contributed by atoms with Gasteiger partial charge in [-0.25, -0.2) is 8.42 Å². The van der Waals surface area contributed by atoms with Crippen molar-refractivity contribution in [2.24, 2.45) is 0 Å². The highest BCUT2D eigenvalue weighted by molar-refractivity contribution is 7.91. The van der Waals surface area contributed by atoms with E-state index < -0.39 is 14.8 Å². The number of hydrogen-bond donors (Lipinski definition) is 0. The van der Waals surface area contributed by atoms with Crippen LogP contribution in [-0.2, 0) is 9.84 Å². The third-order valence-electron chi connectivity index (χ3n) is 5.28. The molecule has 8 nitrogen and oxygen atoms in total. The van der Waals surface area contributed by atoms with Gasteiger partial charge in [0.2, 0.25) is 0 Å². The number of carbonyl (C=O) groups is 1. The third-order valence-corrected chi connectivity index (χ3v) is 6.89. The number of rotatable bonds is 4. The number of ketones is 1. The Labute approximate surface area is 152 Å². The molecule has 0 aromatic heterocycles. The Hall–Kier alpha value is -2.00. The molecule has 26 heavy (non-hydrogen) atoms. The fourth-order valence-corrected chi connectivity index (χ4v) is 4.95. The average Bonchev–Trinajstić information content (AvgIpc) is 2.61. The van der Waals surface area contributed by atoms with Gasteiger partial charge in [0.1, 0.15) is 5.69 Å². The minimum Gasteiger partial charge on any atom is -0.366 e. The third kappa shape index (κ3) is 4.04. The van der Waals surface area contributed by atoms with Crippen molar-refractivity contribution in [3.63, 3.8) is 0 Å². The van der Waals surface area contributed by atoms with Crippen LogP contribution in [0.4, 0.5) is 11.4 Å². The van der Waals surface area contributed by atoms with Crippen molar-refractivity contribution >= 4 is 27.0 Å². The predicted molar refractivity (Wildman–Crippen MR) is 98.6 cm³/mol. The summed E-state index contributed by atoms with van der Waals surface area (Å²) >= 11 is 0. The molecule has 142 valence electrons.